The molecular formula is C24H24N6O2S. The lowest BCUT2D eigenvalue weighted by molar-refractivity contribution is 0.0741. The highest BCUT2D eigenvalue weighted by molar-refractivity contribution is 7.13. The molecule has 1 fully saturated rings. The minimum absolute atomic E-state index is 0.0190. The number of rotatable bonds is 5. The number of hydrogen-bond donors (Lipinski definition) is 0. The van der Waals surface area contributed by atoms with E-state index in [2.05, 4.69) is 25.0 Å². The van der Waals surface area contributed by atoms with E-state index in [1.807, 2.05) is 66.6 Å². The molecule has 8 nitrogen and oxygen atoms in total. The number of thiazole rings is 1. The highest BCUT2D eigenvalue weighted by atomic mass is 32.1. The molecule has 1 aromatic carbocycles. The summed E-state index contributed by atoms with van der Waals surface area (Å²) in [4.78, 5) is 30.6. The fraction of sp³-hybridized carbons (Fsp3) is 0.292. The molecule has 0 radical (unpaired) electrons. The van der Waals surface area contributed by atoms with Crippen LogP contribution in [0.15, 0.2) is 58.6 Å². The van der Waals surface area contributed by atoms with E-state index in [-0.39, 0.29) is 11.8 Å². The molecule has 0 atom stereocenters. The minimum atomic E-state index is -0.0190. The minimum Gasteiger partial charge on any atom is -0.353 e. The lowest BCUT2D eigenvalue weighted by Gasteiger charge is -2.35. The second kappa shape index (κ2) is 9.11. The molecule has 0 spiro atoms. The summed E-state index contributed by atoms with van der Waals surface area (Å²) in [5, 5.41) is 6.75. The Hall–Kier alpha value is -3.59. The van der Waals surface area contributed by atoms with E-state index in [9.17, 15) is 4.79 Å². The molecule has 4 heterocycles. The maximum Gasteiger partial charge on any atom is 0.273 e. The van der Waals surface area contributed by atoms with Crippen molar-refractivity contribution in [1.29, 1.82) is 0 Å². The number of carbonyl (C=O) groups excluding carboxylic acids is 1. The van der Waals surface area contributed by atoms with Crippen LogP contribution in [0.5, 0.6) is 0 Å². The maximum absolute atomic E-state index is 13.0. The number of piperazine rings is 1. The van der Waals surface area contributed by atoms with E-state index in [0.717, 1.165) is 22.0 Å². The summed E-state index contributed by atoms with van der Waals surface area (Å²) in [6.07, 6.45) is 1.77. The average molecular weight is 461 g/mol. The van der Waals surface area contributed by atoms with Gasteiger partial charge in [-0.25, -0.2) is 9.97 Å². The highest BCUT2D eigenvalue weighted by Gasteiger charge is 2.25. The molecule has 0 aliphatic carbocycles. The largest absolute Gasteiger partial charge is 0.353 e. The third-order valence-corrected chi connectivity index (χ3v) is 6.47. The zero-order valence-electron chi connectivity index (χ0n) is 18.5. The molecule has 4 aromatic rings. The first-order valence-corrected chi connectivity index (χ1v) is 11.8. The Balaban J connectivity index is 1.20. The molecule has 1 saturated heterocycles. The van der Waals surface area contributed by atoms with Crippen LogP contribution in [-0.2, 0) is 0 Å². The van der Waals surface area contributed by atoms with Crippen molar-refractivity contribution < 1.29 is 9.32 Å². The first-order chi connectivity index (χ1) is 16.1. The third-order valence-electron chi connectivity index (χ3n) is 5.58. The van der Waals surface area contributed by atoms with Crippen LogP contribution in [0.25, 0.3) is 22.0 Å². The van der Waals surface area contributed by atoms with Crippen LogP contribution in [0.1, 0.15) is 36.1 Å². The summed E-state index contributed by atoms with van der Waals surface area (Å²) in [6, 6.07) is 13.9. The van der Waals surface area contributed by atoms with Gasteiger partial charge < -0.3 is 14.3 Å². The molecule has 33 heavy (non-hydrogen) atoms. The second-order valence-corrected chi connectivity index (χ2v) is 9.06. The second-order valence-electron chi connectivity index (χ2n) is 8.20. The molecule has 9 heteroatoms. The fourth-order valence-electron chi connectivity index (χ4n) is 3.68. The normalized spacial score (nSPS) is 14.2. The van der Waals surface area contributed by atoms with E-state index < -0.39 is 0 Å². The first kappa shape index (κ1) is 21.3. The molecule has 1 aliphatic heterocycles. The summed E-state index contributed by atoms with van der Waals surface area (Å²) < 4.78 is 5.28. The fourth-order valence-corrected chi connectivity index (χ4v) is 4.48. The number of benzene rings is 1. The van der Waals surface area contributed by atoms with E-state index in [0.29, 0.717) is 43.6 Å². The number of pyridine rings is 1. The molecule has 0 N–H and O–H groups in total. The van der Waals surface area contributed by atoms with Gasteiger partial charge in [0.25, 0.3) is 5.91 Å². The van der Waals surface area contributed by atoms with Crippen LogP contribution in [-0.4, -0.2) is 57.1 Å². The van der Waals surface area contributed by atoms with Gasteiger partial charge >= 0.3 is 0 Å². The van der Waals surface area contributed by atoms with Crippen molar-refractivity contribution in [2.75, 3.05) is 31.1 Å². The molecule has 1 aliphatic rings. The lowest BCUT2D eigenvalue weighted by atomic mass is 10.2. The molecule has 3 aromatic heterocycles. The van der Waals surface area contributed by atoms with Gasteiger partial charge in [0.2, 0.25) is 11.7 Å². The smallest absolute Gasteiger partial charge is 0.273 e. The molecule has 1 amide bonds. The quantitative estimate of drug-likeness (QED) is 0.438. The Bertz CT molecular complexity index is 1230. The van der Waals surface area contributed by atoms with Crippen molar-refractivity contribution in [3.63, 3.8) is 0 Å². The van der Waals surface area contributed by atoms with E-state index in [1.54, 1.807) is 6.20 Å². The third kappa shape index (κ3) is 4.49. The van der Waals surface area contributed by atoms with Crippen LogP contribution >= 0.6 is 11.3 Å². The number of hydrogen-bond acceptors (Lipinski definition) is 8. The molecular weight excluding hydrogens is 436 g/mol. The Morgan fingerprint density at radius 2 is 1.79 bits per heavy atom. The van der Waals surface area contributed by atoms with Gasteiger partial charge in [0.05, 0.1) is 0 Å². The molecule has 5 rings (SSSR count). The number of aromatic nitrogens is 4. The van der Waals surface area contributed by atoms with E-state index in [1.165, 1.54) is 11.3 Å². The van der Waals surface area contributed by atoms with Gasteiger partial charge in [0.1, 0.15) is 16.5 Å². The number of carbonyl (C=O) groups is 1. The number of amides is 1. The van der Waals surface area contributed by atoms with Crippen LogP contribution in [0.3, 0.4) is 0 Å². The molecule has 0 saturated carbocycles. The first-order valence-electron chi connectivity index (χ1n) is 10.9. The van der Waals surface area contributed by atoms with Crippen LogP contribution in [0.4, 0.5) is 5.82 Å². The highest BCUT2D eigenvalue weighted by Crippen LogP contribution is 2.25. The average Bonchev–Trinajstić information content (AvgIpc) is 3.55. The van der Waals surface area contributed by atoms with Gasteiger partial charge in [-0.2, -0.15) is 4.98 Å². The summed E-state index contributed by atoms with van der Waals surface area (Å²) in [5.74, 6) is 2.21. The molecule has 168 valence electrons. The Labute approximate surface area is 195 Å². The van der Waals surface area contributed by atoms with E-state index in [4.69, 9.17) is 4.52 Å². The summed E-state index contributed by atoms with van der Waals surface area (Å²) in [6.45, 7) is 6.71. The summed E-state index contributed by atoms with van der Waals surface area (Å²) in [7, 11) is 0. The van der Waals surface area contributed by atoms with Gasteiger partial charge in [-0.05, 0) is 12.1 Å². The zero-order chi connectivity index (χ0) is 22.8. The number of nitrogens with zero attached hydrogens (tertiary/aromatic N) is 6. The van der Waals surface area contributed by atoms with Crippen LogP contribution < -0.4 is 4.90 Å². The van der Waals surface area contributed by atoms with Crippen LogP contribution in [0.2, 0.25) is 0 Å². The monoisotopic (exact) mass is 460 g/mol. The van der Waals surface area contributed by atoms with Gasteiger partial charge in [-0.15, -0.1) is 11.3 Å². The predicted molar refractivity (Wildman–Crippen MR) is 127 cm³/mol. The van der Waals surface area contributed by atoms with Crippen molar-refractivity contribution in [3.8, 4) is 22.0 Å². The van der Waals surface area contributed by atoms with Gasteiger partial charge in [0.15, 0.2) is 0 Å². The van der Waals surface area contributed by atoms with Crippen molar-refractivity contribution >= 4 is 23.1 Å². The van der Waals surface area contributed by atoms with Crippen molar-refractivity contribution in [2.24, 2.45) is 0 Å². The van der Waals surface area contributed by atoms with Crippen molar-refractivity contribution in [3.05, 3.63) is 65.6 Å². The van der Waals surface area contributed by atoms with E-state index >= 15 is 0 Å². The van der Waals surface area contributed by atoms with Gasteiger partial charge in [0, 0.05) is 54.8 Å². The Morgan fingerprint density at radius 3 is 2.45 bits per heavy atom. The maximum atomic E-state index is 13.0. The Morgan fingerprint density at radius 1 is 1.00 bits per heavy atom. The Kier molecular flexibility index (Phi) is 5.87. The SMILES string of the molecule is CC(C)c1nc(-c2ccc(N3CCN(C(=O)c4csc(-c5ccccc5)n4)CC3)nc2)no1. The van der Waals surface area contributed by atoms with Gasteiger partial charge in [-0.1, -0.05) is 49.3 Å². The van der Waals surface area contributed by atoms with Crippen LogP contribution in [0, 0.1) is 0 Å². The molecule has 0 unspecified atom stereocenters. The summed E-state index contributed by atoms with van der Waals surface area (Å²) >= 11 is 1.50. The zero-order valence-corrected chi connectivity index (χ0v) is 19.3. The predicted octanol–water partition coefficient (Wildman–Crippen LogP) is 4.34. The molecule has 0 bridgehead atoms. The van der Waals surface area contributed by atoms with Gasteiger partial charge in [-0.3, -0.25) is 4.79 Å². The van der Waals surface area contributed by atoms with Crippen molar-refractivity contribution in [2.45, 2.75) is 19.8 Å². The van der Waals surface area contributed by atoms with Crippen molar-refractivity contribution in [1.82, 2.24) is 25.0 Å². The lowest BCUT2D eigenvalue weighted by Crippen LogP contribution is -2.49. The summed E-state index contributed by atoms with van der Waals surface area (Å²) in [5.41, 5.74) is 2.36. The standard InChI is InChI=1S/C24H24N6O2S/c1-16(2)22-27-21(28-32-22)18-8-9-20(25-14-18)29-10-12-30(13-11-29)24(31)19-15-33-23(26-19)17-6-4-3-5-7-17/h3-9,14-16H,10-13H2,1-2H3. The topological polar surface area (TPSA) is 88.3 Å². The number of anilines is 1.